The fourth-order valence-corrected chi connectivity index (χ4v) is 0.772. The van der Waals surface area contributed by atoms with Gasteiger partial charge in [-0.3, -0.25) is 9.79 Å². The van der Waals surface area contributed by atoms with E-state index < -0.39 is 0 Å². The van der Waals surface area contributed by atoms with Crippen LogP contribution in [0.2, 0.25) is 0 Å². The molecule has 72 valence electrons. The summed E-state index contributed by atoms with van der Waals surface area (Å²) in [7, 11) is 0. The number of carbonyl (C=O) groups excluding carboxylic acids is 1. The number of nitrogens with zero attached hydrogens (tertiary/aromatic N) is 1. The van der Waals surface area contributed by atoms with Gasteiger partial charge in [-0.2, -0.15) is 0 Å². The number of nitrogens with one attached hydrogen (secondary N) is 1. The van der Waals surface area contributed by atoms with Crippen LogP contribution in [-0.2, 0) is 4.79 Å². The van der Waals surface area contributed by atoms with E-state index in [1.54, 1.807) is 0 Å². The Morgan fingerprint density at radius 2 is 2.23 bits per heavy atom. The van der Waals surface area contributed by atoms with Crippen LogP contribution < -0.4 is 5.32 Å². The summed E-state index contributed by atoms with van der Waals surface area (Å²) >= 11 is 0. The molecule has 1 N–H and O–H groups in total. The van der Waals surface area contributed by atoms with E-state index >= 15 is 0 Å². The Bertz CT molecular complexity index is 219. The molecule has 0 aromatic carbocycles. The van der Waals surface area contributed by atoms with Crippen LogP contribution in [0, 0.1) is 0 Å². The standard InChI is InChI=1S/C10H16N2O/c1-4-7-8-12-10(13)9(5-2)11-6-3/h5-6H,2-4,7-8H2,1H3,(H,12,13). The van der Waals surface area contributed by atoms with Crippen LogP contribution in [0.15, 0.2) is 30.4 Å². The topological polar surface area (TPSA) is 41.5 Å². The van der Waals surface area contributed by atoms with Crippen molar-refractivity contribution in [3.05, 3.63) is 25.4 Å². The molecule has 0 aliphatic carbocycles. The molecule has 0 saturated carbocycles. The van der Waals surface area contributed by atoms with Gasteiger partial charge in [-0.05, 0) is 12.5 Å². The second-order valence-electron chi connectivity index (χ2n) is 2.51. The molecule has 0 aliphatic heterocycles. The Morgan fingerprint density at radius 3 is 2.69 bits per heavy atom. The number of carbonyl (C=O) groups is 1. The van der Waals surface area contributed by atoms with Crippen LogP contribution >= 0.6 is 0 Å². The van der Waals surface area contributed by atoms with Crippen LogP contribution in [0.5, 0.6) is 0 Å². The third-order valence-electron chi connectivity index (χ3n) is 1.47. The van der Waals surface area contributed by atoms with Crippen molar-refractivity contribution in [2.75, 3.05) is 6.54 Å². The van der Waals surface area contributed by atoms with Crippen LogP contribution in [0.1, 0.15) is 19.8 Å². The lowest BCUT2D eigenvalue weighted by Gasteiger charge is -2.02. The van der Waals surface area contributed by atoms with E-state index in [0.29, 0.717) is 12.3 Å². The number of unbranched alkanes of at least 4 members (excludes halogenated alkanes) is 1. The third-order valence-corrected chi connectivity index (χ3v) is 1.47. The summed E-state index contributed by atoms with van der Waals surface area (Å²) in [5, 5.41) is 2.73. The van der Waals surface area contributed by atoms with E-state index in [9.17, 15) is 4.79 Å². The number of hydrogen-bond donors (Lipinski definition) is 1. The molecule has 0 rings (SSSR count). The number of amides is 1. The largest absolute Gasteiger partial charge is 0.351 e. The van der Waals surface area contributed by atoms with Crippen LogP contribution in [-0.4, -0.2) is 18.2 Å². The van der Waals surface area contributed by atoms with Crippen molar-refractivity contribution in [1.82, 2.24) is 5.32 Å². The molecule has 0 radical (unpaired) electrons. The summed E-state index contributed by atoms with van der Waals surface area (Å²) < 4.78 is 0. The quantitative estimate of drug-likeness (QED) is 0.490. The van der Waals surface area contributed by atoms with Gasteiger partial charge < -0.3 is 5.32 Å². The Hall–Kier alpha value is -1.38. The highest BCUT2D eigenvalue weighted by molar-refractivity contribution is 6.43. The highest BCUT2D eigenvalue weighted by Gasteiger charge is 2.04. The molecular weight excluding hydrogens is 164 g/mol. The van der Waals surface area contributed by atoms with Crippen molar-refractivity contribution in [3.8, 4) is 0 Å². The zero-order valence-corrected chi connectivity index (χ0v) is 8.05. The van der Waals surface area contributed by atoms with Crippen molar-refractivity contribution in [3.63, 3.8) is 0 Å². The summed E-state index contributed by atoms with van der Waals surface area (Å²) in [6, 6.07) is 0. The Labute approximate surface area is 79.3 Å². The molecule has 0 saturated heterocycles. The smallest absolute Gasteiger partial charge is 0.269 e. The molecule has 0 atom stereocenters. The molecule has 0 heterocycles. The summed E-state index contributed by atoms with van der Waals surface area (Å²) in [6.07, 6.45) is 4.78. The van der Waals surface area contributed by atoms with Crippen LogP contribution in [0.4, 0.5) is 0 Å². The minimum absolute atomic E-state index is 0.191. The Balaban J connectivity index is 3.99. The average Bonchev–Trinajstić information content (AvgIpc) is 2.14. The lowest BCUT2D eigenvalue weighted by molar-refractivity contribution is -0.114. The molecule has 0 aromatic rings. The first-order chi connectivity index (χ1) is 6.26. The van der Waals surface area contributed by atoms with Crippen LogP contribution in [0.25, 0.3) is 0 Å². The molecule has 0 aromatic heterocycles. The molecule has 3 heteroatoms. The zero-order valence-electron chi connectivity index (χ0n) is 8.05. The molecule has 1 amide bonds. The van der Waals surface area contributed by atoms with Gasteiger partial charge in [0.2, 0.25) is 0 Å². The second kappa shape index (κ2) is 7.28. The van der Waals surface area contributed by atoms with Gasteiger partial charge in [0.25, 0.3) is 5.91 Å². The summed E-state index contributed by atoms with van der Waals surface area (Å²) in [5.74, 6) is -0.191. The predicted molar refractivity (Wildman–Crippen MR) is 55.7 cm³/mol. The van der Waals surface area contributed by atoms with E-state index in [1.165, 1.54) is 12.3 Å². The summed E-state index contributed by atoms with van der Waals surface area (Å²) in [5.41, 5.74) is 0.311. The van der Waals surface area contributed by atoms with Gasteiger partial charge in [-0.15, -0.1) is 0 Å². The van der Waals surface area contributed by atoms with E-state index in [4.69, 9.17) is 0 Å². The Kier molecular flexibility index (Phi) is 6.51. The first-order valence-corrected chi connectivity index (χ1v) is 4.35. The molecule has 0 bridgehead atoms. The SMILES string of the molecule is C=CN=C(C=C)C(=O)NCCCC. The van der Waals surface area contributed by atoms with E-state index in [0.717, 1.165) is 12.8 Å². The number of hydrogen-bond acceptors (Lipinski definition) is 2. The maximum absolute atomic E-state index is 11.3. The molecule has 0 unspecified atom stereocenters. The van der Waals surface area contributed by atoms with Gasteiger partial charge in [0.15, 0.2) is 0 Å². The van der Waals surface area contributed by atoms with Gasteiger partial charge in [0, 0.05) is 12.7 Å². The summed E-state index contributed by atoms with van der Waals surface area (Å²) in [6.45, 7) is 9.65. The minimum Gasteiger partial charge on any atom is -0.351 e. The molecule has 0 fully saturated rings. The van der Waals surface area contributed by atoms with Gasteiger partial charge in [-0.25, -0.2) is 0 Å². The highest BCUT2D eigenvalue weighted by Crippen LogP contribution is 1.86. The van der Waals surface area contributed by atoms with Crippen molar-refractivity contribution < 1.29 is 4.79 Å². The zero-order chi connectivity index (χ0) is 10.1. The van der Waals surface area contributed by atoms with E-state index in [2.05, 4.69) is 30.4 Å². The first-order valence-electron chi connectivity index (χ1n) is 4.35. The maximum atomic E-state index is 11.3. The lowest BCUT2D eigenvalue weighted by Crippen LogP contribution is -2.30. The monoisotopic (exact) mass is 180 g/mol. The lowest BCUT2D eigenvalue weighted by atomic mass is 10.3. The predicted octanol–water partition coefficient (Wildman–Crippen LogP) is 1.67. The van der Waals surface area contributed by atoms with Gasteiger partial charge in [0.05, 0.1) is 0 Å². The molecular formula is C10H16N2O. The van der Waals surface area contributed by atoms with Gasteiger partial charge in [-0.1, -0.05) is 26.5 Å². The van der Waals surface area contributed by atoms with Gasteiger partial charge in [0.1, 0.15) is 5.71 Å². The van der Waals surface area contributed by atoms with Crippen molar-refractivity contribution in [1.29, 1.82) is 0 Å². The van der Waals surface area contributed by atoms with Crippen molar-refractivity contribution in [2.45, 2.75) is 19.8 Å². The van der Waals surface area contributed by atoms with Gasteiger partial charge >= 0.3 is 0 Å². The number of rotatable bonds is 6. The molecule has 0 aliphatic rings. The molecule has 13 heavy (non-hydrogen) atoms. The second-order valence-corrected chi connectivity index (χ2v) is 2.51. The third kappa shape index (κ3) is 4.95. The van der Waals surface area contributed by atoms with E-state index in [1.807, 2.05) is 0 Å². The first kappa shape index (κ1) is 11.6. The summed E-state index contributed by atoms with van der Waals surface area (Å²) in [4.78, 5) is 15.0. The number of aliphatic imine (C=N–C) groups is 1. The fraction of sp³-hybridized carbons (Fsp3) is 0.400. The highest BCUT2D eigenvalue weighted by atomic mass is 16.1. The normalized spacial score (nSPS) is 10.7. The molecule has 0 spiro atoms. The average molecular weight is 180 g/mol. The van der Waals surface area contributed by atoms with E-state index in [-0.39, 0.29) is 5.91 Å². The molecule has 3 nitrogen and oxygen atoms in total. The fourth-order valence-electron chi connectivity index (χ4n) is 0.772. The maximum Gasteiger partial charge on any atom is 0.269 e. The van der Waals surface area contributed by atoms with Crippen molar-refractivity contribution in [2.24, 2.45) is 4.99 Å². The Morgan fingerprint density at radius 1 is 1.54 bits per heavy atom. The minimum atomic E-state index is -0.191. The van der Waals surface area contributed by atoms with Crippen LogP contribution in [0.3, 0.4) is 0 Å². The van der Waals surface area contributed by atoms with Crippen molar-refractivity contribution >= 4 is 11.6 Å².